The molecule has 2 heterocycles. The molecule has 1 aromatic carbocycles. The molecule has 1 saturated carbocycles. The number of benzene rings is 1. The highest BCUT2D eigenvalue weighted by Gasteiger charge is 2.23. The molecule has 5 nitrogen and oxygen atoms in total. The van der Waals surface area contributed by atoms with Gasteiger partial charge >= 0.3 is 0 Å². The van der Waals surface area contributed by atoms with E-state index in [1.54, 1.807) is 18.3 Å². The summed E-state index contributed by atoms with van der Waals surface area (Å²) >= 11 is 0. The number of carbonyl (C=O) groups is 1. The predicted octanol–water partition coefficient (Wildman–Crippen LogP) is 3.70. The molecule has 0 unspecified atom stereocenters. The monoisotopic (exact) mass is 320 g/mol. The van der Waals surface area contributed by atoms with Crippen LogP contribution in [-0.4, -0.2) is 20.4 Å². The van der Waals surface area contributed by atoms with E-state index in [1.807, 2.05) is 24.3 Å². The van der Waals surface area contributed by atoms with Crippen LogP contribution in [0, 0.1) is 0 Å². The minimum absolute atomic E-state index is 0.427. The first-order chi connectivity index (χ1) is 11.7. The van der Waals surface area contributed by atoms with E-state index in [1.165, 1.54) is 19.3 Å². The fourth-order valence-corrected chi connectivity index (χ4v) is 3.64. The number of rotatable bonds is 3. The molecule has 4 rings (SSSR count). The highest BCUT2D eigenvalue weighted by molar-refractivity contribution is 5.96. The second kappa shape index (κ2) is 6.07. The largest absolute Gasteiger partial charge is 0.366 e. The number of amides is 1. The first-order valence-corrected chi connectivity index (χ1v) is 8.47. The number of pyridine rings is 1. The summed E-state index contributed by atoms with van der Waals surface area (Å²) in [7, 11) is 0. The molecule has 0 spiro atoms. The Labute approximate surface area is 140 Å². The molecule has 0 bridgehead atoms. The van der Waals surface area contributed by atoms with Crippen molar-refractivity contribution in [3.63, 3.8) is 0 Å². The summed E-state index contributed by atoms with van der Waals surface area (Å²) in [6, 6.07) is 11.8. The van der Waals surface area contributed by atoms with Gasteiger partial charge in [0.1, 0.15) is 5.69 Å². The third-order valence-electron chi connectivity index (χ3n) is 4.81. The minimum atomic E-state index is -0.427. The van der Waals surface area contributed by atoms with E-state index in [0.29, 0.717) is 11.6 Å². The zero-order chi connectivity index (χ0) is 16.5. The van der Waals surface area contributed by atoms with Gasteiger partial charge in [-0.05, 0) is 43.2 Å². The Hall–Kier alpha value is -2.69. The molecule has 0 radical (unpaired) electrons. The lowest BCUT2D eigenvalue weighted by Crippen LogP contribution is -2.14. The SMILES string of the molecule is NC(=O)c1ccc2c(c1)nc(-c1ccccn1)n2C1CCCCC1. The molecule has 2 N–H and O–H groups in total. The van der Waals surface area contributed by atoms with Crippen LogP contribution in [0.2, 0.25) is 0 Å². The van der Waals surface area contributed by atoms with Gasteiger partial charge in [0.15, 0.2) is 5.82 Å². The Bertz CT molecular complexity index is 879. The van der Waals surface area contributed by atoms with Crippen molar-refractivity contribution in [2.75, 3.05) is 0 Å². The Kier molecular flexibility index (Phi) is 3.76. The molecule has 0 atom stereocenters. The molecule has 5 heteroatoms. The van der Waals surface area contributed by atoms with Crippen LogP contribution in [0.5, 0.6) is 0 Å². The van der Waals surface area contributed by atoms with Crippen molar-refractivity contribution in [2.24, 2.45) is 5.73 Å². The molecular formula is C19H20N4O. The minimum Gasteiger partial charge on any atom is -0.366 e. The lowest BCUT2D eigenvalue weighted by molar-refractivity contribution is 0.100. The number of hydrogen-bond donors (Lipinski definition) is 1. The van der Waals surface area contributed by atoms with E-state index < -0.39 is 5.91 Å². The number of hydrogen-bond acceptors (Lipinski definition) is 3. The molecule has 122 valence electrons. The number of imidazole rings is 1. The number of fused-ring (bicyclic) bond motifs is 1. The third-order valence-corrected chi connectivity index (χ3v) is 4.81. The summed E-state index contributed by atoms with van der Waals surface area (Å²) in [6.07, 6.45) is 7.88. The second-order valence-corrected chi connectivity index (χ2v) is 6.38. The van der Waals surface area contributed by atoms with E-state index in [0.717, 1.165) is 35.4 Å². The summed E-state index contributed by atoms with van der Waals surface area (Å²) in [5.41, 5.74) is 8.62. The zero-order valence-electron chi connectivity index (χ0n) is 13.5. The summed E-state index contributed by atoms with van der Waals surface area (Å²) < 4.78 is 2.31. The molecule has 1 fully saturated rings. The number of primary amides is 1. The van der Waals surface area contributed by atoms with Crippen molar-refractivity contribution in [2.45, 2.75) is 38.1 Å². The van der Waals surface area contributed by atoms with Crippen molar-refractivity contribution in [1.29, 1.82) is 0 Å². The Morgan fingerprint density at radius 1 is 1.12 bits per heavy atom. The van der Waals surface area contributed by atoms with E-state index in [2.05, 4.69) is 9.55 Å². The van der Waals surface area contributed by atoms with Gasteiger partial charge in [-0.25, -0.2) is 4.98 Å². The summed E-state index contributed by atoms with van der Waals surface area (Å²) in [5, 5.41) is 0. The maximum Gasteiger partial charge on any atom is 0.248 e. The highest BCUT2D eigenvalue weighted by Crippen LogP contribution is 2.35. The number of carbonyl (C=O) groups excluding carboxylic acids is 1. The quantitative estimate of drug-likeness (QED) is 0.799. The van der Waals surface area contributed by atoms with E-state index >= 15 is 0 Å². The van der Waals surface area contributed by atoms with Gasteiger partial charge in [-0.2, -0.15) is 0 Å². The van der Waals surface area contributed by atoms with Crippen LogP contribution in [-0.2, 0) is 0 Å². The van der Waals surface area contributed by atoms with Gasteiger partial charge in [-0.15, -0.1) is 0 Å². The van der Waals surface area contributed by atoms with Crippen LogP contribution in [0.4, 0.5) is 0 Å². The average Bonchev–Trinajstić information content (AvgIpc) is 3.01. The number of nitrogens with zero attached hydrogens (tertiary/aromatic N) is 3. The molecule has 2 aromatic heterocycles. The van der Waals surface area contributed by atoms with Gasteiger partial charge in [0, 0.05) is 17.8 Å². The van der Waals surface area contributed by atoms with Gasteiger partial charge in [0.05, 0.1) is 11.0 Å². The first-order valence-electron chi connectivity index (χ1n) is 8.47. The fourth-order valence-electron chi connectivity index (χ4n) is 3.64. The van der Waals surface area contributed by atoms with Crippen LogP contribution in [0.3, 0.4) is 0 Å². The summed E-state index contributed by atoms with van der Waals surface area (Å²) in [4.78, 5) is 20.8. The molecule has 3 aromatic rings. The Balaban J connectivity index is 1.93. The van der Waals surface area contributed by atoms with E-state index in [-0.39, 0.29) is 0 Å². The van der Waals surface area contributed by atoms with E-state index in [9.17, 15) is 4.79 Å². The van der Waals surface area contributed by atoms with Crippen LogP contribution in [0.25, 0.3) is 22.6 Å². The molecule has 24 heavy (non-hydrogen) atoms. The van der Waals surface area contributed by atoms with Gasteiger partial charge in [-0.3, -0.25) is 9.78 Å². The van der Waals surface area contributed by atoms with Crippen molar-refractivity contribution in [3.8, 4) is 11.5 Å². The second-order valence-electron chi connectivity index (χ2n) is 6.38. The topological polar surface area (TPSA) is 73.8 Å². The maximum absolute atomic E-state index is 11.5. The molecule has 1 aliphatic rings. The Morgan fingerprint density at radius 3 is 2.67 bits per heavy atom. The summed E-state index contributed by atoms with van der Waals surface area (Å²) in [5.74, 6) is 0.447. The standard InChI is InChI=1S/C19H20N4O/c20-18(24)13-9-10-17-16(12-13)22-19(15-8-4-5-11-21-15)23(17)14-6-2-1-3-7-14/h4-5,8-12,14H,1-3,6-7H2,(H2,20,24). The van der Waals surface area contributed by atoms with Crippen molar-refractivity contribution >= 4 is 16.9 Å². The number of nitrogens with two attached hydrogens (primary N) is 1. The molecule has 0 saturated heterocycles. The smallest absolute Gasteiger partial charge is 0.248 e. The van der Waals surface area contributed by atoms with Crippen molar-refractivity contribution in [1.82, 2.24) is 14.5 Å². The van der Waals surface area contributed by atoms with Gasteiger partial charge in [-0.1, -0.05) is 25.3 Å². The van der Waals surface area contributed by atoms with Crippen molar-refractivity contribution < 1.29 is 4.79 Å². The highest BCUT2D eigenvalue weighted by atomic mass is 16.1. The first kappa shape index (κ1) is 14.9. The number of aromatic nitrogens is 3. The van der Waals surface area contributed by atoms with E-state index in [4.69, 9.17) is 10.7 Å². The average molecular weight is 320 g/mol. The fraction of sp³-hybridized carbons (Fsp3) is 0.316. The summed E-state index contributed by atoms with van der Waals surface area (Å²) in [6.45, 7) is 0. The molecule has 1 amide bonds. The van der Waals surface area contributed by atoms with Gasteiger partial charge < -0.3 is 10.3 Å². The molecular weight excluding hydrogens is 300 g/mol. The lowest BCUT2D eigenvalue weighted by atomic mass is 9.95. The molecule has 0 aliphatic heterocycles. The van der Waals surface area contributed by atoms with Crippen LogP contribution in [0.15, 0.2) is 42.6 Å². The van der Waals surface area contributed by atoms with Gasteiger partial charge in [0.25, 0.3) is 0 Å². The Morgan fingerprint density at radius 2 is 1.96 bits per heavy atom. The van der Waals surface area contributed by atoms with Crippen LogP contribution < -0.4 is 5.73 Å². The zero-order valence-corrected chi connectivity index (χ0v) is 13.5. The third kappa shape index (κ3) is 2.56. The van der Waals surface area contributed by atoms with Crippen LogP contribution in [0.1, 0.15) is 48.5 Å². The lowest BCUT2D eigenvalue weighted by Gasteiger charge is -2.25. The molecule has 1 aliphatic carbocycles. The van der Waals surface area contributed by atoms with Crippen LogP contribution >= 0.6 is 0 Å². The normalized spacial score (nSPS) is 15.7. The van der Waals surface area contributed by atoms with Crippen molar-refractivity contribution in [3.05, 3.63) is 48.2 Å². The maximum atomic E-state index is 11.5. The van der Waals surface area contributed by atoms with Gasteiger partial charge in [0.2, 0.25) is 5.91 Å². The predicted molar refractivity (Wildman–Crippen MR) is 93.6 cm³/mol.